The van der Waals surface area contributed by atoms with Crippen LogP contribution in [0, 0.1) is 0 Å². The highest BCUT2D eigenvalue weighted by atomic mass is 16.2. The molecule has 1 aliphatic rings. The summed E-state index contributed by atoms with van der Waals surface area (Å²) in [6.07, 6.45) is 5.74. The first-order valence-corrected chi connectivity index (χ1v) is 8.13. The lowest BCUT2D eigenvalue weighted by molar-refractivity contribution is 0.0709. The normalized spacial score (nSPS) is 19.7. The standard InChI is InChI=1S/C18H18N6O/c1-11-6-7-12(2)23(11)18(25)13-9-15(19)24-16(10-13)21-17(22-24)14-5-3-4-8-20-14/h3-12H,19H2,1-2H3. The number of hydrogen-bond acceptors (Lipinski definition) is 5. The Bertz CT molecular complexity index is 966. The van der Waals surface area contributed by atoms with Crippen molar-refractivity contribution in [1.82, 2.24) is 24.5 Å². The second kappa shape index (κ2) is 5.70. The molecular formula is C18H18N6O. The molecule has 0 saturated carbocycles. The van der Waals surface area contributed by atoms with Crippen LogP contribution < -0.4 is 5.73 Å². The molecule has 0 radical (unpaired) electrons. The maximum absolute atomic E-state index is 12.9. The minimum atomic E-state index is -0.0680. The molecule has 1 amide bonds. The lowest BCUT2D eigenvalue weighted by Gasteiger charge is -2.26. The SMILES string of the molecule is CC1C=CC(C)N1C(=O)c1cc(N)n2nc(-c3ccccn3)nc2c1. The molecule has 3 aromatic rings. The van der Waals surface area contributed by atoms with Crippen LogP contribution in [0.4, 0.5) is 5.82 Å². The molecule has 2 unspecified atom stereocenters. The molecule has 126 valence electrons. The largest absolute Gasteiger partial charge is 0.384 e. The lowest BCUT2D eigenvalue weighted by Crippen LogP contribution is -2.39. The fourth-order valence-corrected chi connectivity index (χ4v) is 3.13. The van der Waals surface area contributed by atoms with E-state index in [1.165, 1.54) is 4.52 Å². The number of nitrogens with zero attached hydrogens (tertiary/aromatic N) is 5. The van der Waals surface area contributed by atoms with Crippen LogP contribution in [-0.4, -0.2) is 42.5 Å². The van der Waals surface area contributed by atoms with E-state index in [0.29, 0.717) is 28.5 Å². The Hall–Kier alpha value is -3.22. The summed E-state index contributed by atoms with van der Waals surface area (Å²) in [4.78, 5) is 23.4. The second-order valence-corrected chi connectivity index (χ2v) is 6.17. The Labute approximate surface area is 144 Å². The lowest BCUT2D eigenvalue weighted by atomic mass is 10.2. The van der Waals surface area contributed by atoms with E-state index in [1.54, 1.807) is 18.3 Å². The van der Waals surface area contributed by atoms with E-state index in [-0.39, 0.29) is 18.0 Å². The first-order valence-electron chi connectivity index (χ1n) is 8.13. The number of fused-ring (bicyclic) bond motifs is 1. The molecule has 25 heavy (non-hydrogen) atoms. The molecule has 7 heteroatoms. The molecule has 0 fully saturated rings. The number of anilines is 1. The smallest absolute Gasteiger partial charge is 0.255 e. The average molecular weight is 334 g/mol. The number of carbonyl (C=O) groups is 1. The van der Waals surface area contributed by atoms with E-state index in [2.05, 4.69) is 15.1 Å². The van der Waals surface area contributed by atoms with Crippen molar-refractivity contribution < 1.29 is 4.79 Å². The van der Waals surface area contributed by atoms with Crippen LogP contribution in [0.5, 0.6) is 0 Å². The van der Waals surface area contributed by atoms with Gasteiger partial charge in [0.05, 0.1) is 0 Å². The van der Waals surface area contributed by atoms with Gasteiger partial charge in [-0.25, -0.2) is 4.98 Å². The summed E-state index contributed by atoms with van der Waals surface area (Å²) in [6.45, 7) is 3.99. The van der Waals surface area contributed by atoms with Crippen LogP contribution in [0.2, 0.25) is 0 Å². The number of hydrogen-bond donors (Lipinski definition) is 1. The Morgan fingerprint density at radius 1 is 1.16 bits per heavy atom. The Kier molecular flexibility index (Phi) is 3.49. The summed E-state index contributed by atoms with van der Waals surface area (Å²) in [7, 11) is 0. The van der Waals surface area contributed by atoms with Crippen molar-refractivity contribution in [2.75, 3.05) is 5.73 Å². The van der Waals surface area contributed by atoms with Gasteiger partial charge in [0.1, 0.15) is 11.5 Å². The number of nitrogens with two attached hydrogens (primary N) is 1. The van der Waals surface area contributed by atoms with Gasteiger partial charge in [-0.2, -0.15) is 4.52 Å². The fraction of sp³-hybridized carbons (Fsp3) is 0.222. The second-order valence-electron chi connectivity index (χ2n) is 6.17. The molecule has 2 N–H and O–H groups in total. The average Bonchev–Trinajstić information content (AvgIpc) is 3.19. The van der Waals surface area contributed by atoms with Gasteiger partial charge in [-0.05, 0) is 38.1 Å². The Balaban J connectivity index is 1.76. The summed E-state index contributed by atoms with van der Waals surface area (Å²) in [5.74, 6) is 0.769. The summed E-state index contributed by atoms with van der Waals surface area (Å²) < 4.78 is 1.52. The monoisotopic (exact) mass is 334 g/mol. The molecule has 4 rings (SSSR count). The van der Waals surface area contributed by atoms with Gasteiger partial charge in [0.15, 0.2) is 5.65 Å². The predicted octanol–water partition coefficient (Wildman–Crippen LogP) is 2.16. The summed E-state index contributed by atoms with van der Waals surface area (Å²) >= 11 is 0. The maximum atomic E-state index is 12.9. The number of rotatable bonds is 2. The number of amides is 1. The van der Waals surface area contributed by atoms with E-state index >= 15 is 0 Å². The Morgan fingerprint density at radius 2 is 1.92 bits per heavy atom. The molecule has 2 atom stereocenters. The van der Waals surface area contributed by atoms with Crippen LogP contribution in [0.15, 0.2) is 48.7 Å². The molecule has 0 aliphatic carbocycles. The maximum Gasteiger partial charge on any atom is 0.255 e. The molecule has 1 aliphatic heterocycles. The number of aromatic nitrogens is 4. The van der Waals surface area contributed by atoms with Crippen molar-refractivity contribution in [3.8, 4) is 11.5 Å². The highest BCUT2D eigenvalue weighted by Crippen LogP contribution is 2.23. The summed E-state index contributed by atoms with van der Waals surface area (Å²) in [5.41, 5.74) is 7.80. The van der Waals surface area contributed by atoms with Gasteiger partial charge >= 0.3 is 0 Å². The van der Waals surface area contributed by atoms with E-state index in [4.69, 9.17) is 5.73 Å². The third-order valence-electron chi connectivity index (χ3n) is 4.39. The van der Waals surface area contributed by atoms with Gasteiger partial charge in [0, 0.05) is 23.8 Å². The number of nitrogen functional groups attached to an aromatic ring is 1. The first kappa shape index (κ1) is 15.3. The number of carbonyl (C=O) groups excluding carboxylic acids is 1. The summed E-state index contributed by atoms with van der Waals surface area (Å²) in [5, 5.41) is 4.39. The molecule has 0 saturated heterocycles. The van der Waals surface area contributed by atoms with E-state index in [1.807, 2.05) is 49.1 Å². The zero-order chi connectivity index (χ0) is 17.6. The predicted molar refractivity (Wildman–Crippen MR) is 94.9 cm³/mol. The Morgan fingerprint density at radius 3 is 2.60 bits per heavy atom. The zero-order valence-corrected chi connectivity index (χ0v) is 14.0. The van der Waals surface area contributed by atoms with Gasteiger partial charge in [-0.3, -0.25) is 9.78 Å². The third-order valence-corrected chi connectivity index (χ3v) is 4.39. The fourth-order valence-electron chi connectivity index (χ4n) is 3.13. The van der Waals surface area contributed by atoms with Crippen molar-refractivity contribution in [3.63, 3.8) is 0 Å². The van der Waals surface area contributed by atoms with Gasteiger partial charge in [0.2, 0.25) is 5.82 Å². The zero-order valence-electron chi connectivity index (χ0n) is 14.0. The van der Waals surface area contributed by atoms with Crippen LogP contribution in [0.3, 0.4) is 0 Å². The topological polar surface area (TPSA) is 89.4 Å². The van der Waals surface area contributed by atoms with Crippen molar-refractivity contribution >= 4 is 17.4 Å². The van der Waals surface area contributed by atoms with Gasteiger partial charge < -0.3 is 10.6 Å². The molecule has 0 aromatic carbocycles. The first-order chi connectivity index (χ1) is 12.0. The molecule has 4 heterocycles. The molecule has 7 nitrogen and oxygen atoms in total. The van der Waals surface area contributed by atoms with Crippen LogP contribution in [0.25, 0.3) is 17.2 Å². The van der Waals surface area contributed by atoms with Crippen molar-refractivity contribution in [1.29, 1.82) is 0 Å². The third kappa shape index (κ3) is 2.53. The molecule has 3 aromatic heterocycles. The van der Waals surface area contributed by atoms with Crippen LogP contribution in [-0.2, 0) is 0 Å². The number of pyridine rings is 2. The highest BCUT2D eigenvalue weighted by molar-refractivity contribution is 5.96. The summed E-state index contributed by atoms with van der Waals surface area (Å²) in [6, 6.07) is 9.01. The highest BCUT2D eigenvalue weighted by Gasteiger charge is 2.28. The van der Waals surface area contributed by atoms with Gasteiger partial charge in [0.25, 0.3) is 5.91 Å². The van der Waals surface area contributed by atoms with E-state index < -0.39 is 0 Å². The van der Waals surface area contributed by atoms with Crippen LogP contribution >= 0.6 is 0 Å². The van der Waals surface area contributed by atoms with Gasteiger partial charge in [-0.15, -0.1) is 5.10 Å². The van der Waals surface area contributed by atoms with Crippen molar-refractivity contribution in [2.24, 2.45) is 0 Å². The molecular weight excluding hydrogens is 316 g/mol. The minimum absolute atomic E-state index is 0.0573. The quantitative estimate of drug-likeness (QED) is 0.725. The van der Waals surface area contributed by atoms with E-state index in [0.717, 1.165) is 0 Å². The van der Waals surface area contributed by atoms with Crippen LogP contribution in [0.1, 0.15) is 24.2 Å². The molecule has 0 spiro atoms. The van der Waals surface area contributed by atoms with E-state index in [9.17, 15) is 4.79 Å². The van der Waals surface area contributed by atoms with Crippen molar-refractivity contribution in [3.05, 3.63) is 54.2 Å². The minimum Gasteiger partial charge on any atom is -0.384 e. The van der Waals surface area contributed by atoms with Gasteiger partial charge in [-0.1, -0.05) is 18.2 Å². The van der Waals surface area contributed by atoms with Crippen molar-refractivity contribution in [2.45, 2.75) is 25.9 Å². The molecule has 0 bridgehead atoms.